The number of anilines is 1. The maximum absolute atomic E-state index is 13.0. The second-order valence-corrected chi connectivity index (χ2v) is 6.61. The van der Waals surface area contributed by atoms with Gasteiger partial charge in [-0.3, -0.25) is 4.79 Å². The van der Waals surface area contributed by atoms with Gasteiger partial charge in [0.15, 0.2) is 0 Å². The lowest BCUT2D eigenvalue weighted by atomic mass is 10.1. The lowest BCUT2D eigenvalue weighted by Gasteiger charge is -2.13. The van der Waals surface area contributed by atoms with Crippen LogP contribution in [0.15, 0.2) is 67.0 Å². The van der Waals surface area contributed by atoms with E-state index in [1.807, 2.05) is 60.1 Å². The van der Waals surface area contributed by atoms with Crippen LogP contribution in [0.1, 0.15) is 15.9 Å². The average molecular weight is 387 g/mol. The Morgan fingerprint density at radius 3 is 2.62 bits per heavy atom. The number of fused-ring (bicyclic) bond motifs is 1. The van der Waals surface area contributed by atoms with Crippen LogP contribution in [0.4, 0.5) is 5.69 Å². The van der Waals surface area contributed by atoms with E-state index in [1.165, 1.54) is 7.11 Å². The van der Waals surface area contributed by atoms with Crippen LogP contribution < -0.4 is 14.8 Å². The number of hydrogen-bond acceptors (Lipinski definition) is 4. The molecular weight excluding hydrogens is 366 g/mol. The van der Waals surface area contributed by atoms with Gasteiger partial charge in [0, 0.05) is 18.0 Å². The van der Waals surface area contributed by atoms with Crippen molar-refractivity contribution in [1.82, 2.24) is 9.38 Å². The summed E-state index contributed by atoms with van der Waals surface area (Å²) < 4.78 is 12.6. The number of carbonyl (C=O) groups excluding carboxylic acids is 1. The molecule has 1 amide bonds. The normalized spacial score (nSPS) is 10.7. The third kappa shape index (κ3) is 3.52. The number of rotatable bonds is 5. The van der Waals surface area contributed by atoms with E-state index in [1.54, 1.807) is 25.3 Å². The minimum absolute atomic E-state index is 0.284. The van der Waals surface area contributed by atoms with Gasteiger partial charge in [-0.05, 0) is 42.8 Å². The molecule has 4 aromatic rings. The van der Waals surface area contributed by atoms with Crippen molar-refractivity contribution < 1.29 is 14.3 Å². The summed E-state index contributed by atoms with van der Waals surface area (Å²) in [5, 5.41) is 2.99. The van der Waals surface area contributed by atoms with Crippen LogP contribution in [0.5, 0.6) is 11.5 Å². The maximum Gasteiger partial charge on any atom is 0.259 e. The smallest absolute Gasteiger partial charge is 0.259 e. The third-order valence-corrected chi connectivity index (χ3v) is 4.78. The Labute approximate surface area is 168 Å². The van der Waals surface area contributed by atoms with Gasteiger partial charge in [0.05, 0.1) is 31.2 Å². The summed E-state index contributed by atoms with van der Waals surface area (Å²) in [6, 6.07) is 16.7. The summed E-state index contributed by atoms with van der Waals surface area (Å²) in [6.07, 6.45) is 3.92. The number of benzene rings is 2. The molecule has 6 nitrogen and oxygen atoms in total. The molecule has 0 aliphatic heterocycles. The molecule has 0 saturated heterocycles. The van der Waals surface area contributed by atoms with E-state index in [-0.39, 0.29) is 5.91 Å². The Bertz CT molecular complexity index is 1200. The molecule has 4 rings (SSSR count). The Balaban J connectivity index is 1.72. The predicted molar refractivity (Wildman–Crippen MR) is 113 cm³/mol. The first kappa shape index (κ1) is 18.6. The van der Waals surface area contributed by atoms with Gasteiger partial charge in [0.1, 0.15) is 17.1 Å². The molecule has 0 radical (unpaired) electrons. The quantitative estimate of drug-likeness (QED) is 0.544. The number of nitrogens with zero attached hydrogens (tertiary/aromatic N) is 2. The molecule has 0 saturated carbocycles. The SMILES string of the molecule is COc1ccc(OC)c(C(=O)Nc2ccccc2-c2cn3cccc(C)c3n2)c1. The van der Waals surface area contributed by atoms with Gasteiger partial charge in [-0.15, -0.1) is 0 Å². The molecule has 6 heteroatoms. The standard InChI is InChI=1S/C23H21N3O3/c1-15-7-6-12-26-14-20(24-22(15)26)17-8-4-5-9-19(17)25-23(27)18-13-16(28-2)10-11-21(18)29-3/h4-14H,1-3H3,(H,25,27). The molecule has 2 aromatic carbocycles. The van der Waals surface area contributed by atoms with E-state index in [0.717, 1.165) is 22.5 Å². The summed E-state index contributed by atoms with van der Waals surface area (Å²) in [4.78, 5) is 17.8. The summed E-state index contributed by atoms with van der Waals surface area (Å²) in [5.41, 5.74) is 4.66. The molecule has 0 atom stereocenters. The fourth-order valence-electron chi connectivity index (χ4n) is 3.28. The highest BCUT2D eigenvalue weighted by Crippen LogP contribution is 2.30. The predicted octanol–water partition coefficient (Wildman–Crippen LogP) is 4.58. The summed E-state index contributed by atoms with van der Waals surface area (Å²) >= 11 is 0. The molecule has 1 N–H and O–H groups in total. The number of methoxy groups -OCH3 is 2. The van der Waals surface area contributed by atoms with E-state index < -0.39 is 0 Å². The Hall–Kier alpha value is -3.80. The molecule has 0 unspecified atom stereocenters. The first-order valence-electron chi connectivity index (χ1n) is 9.18. The number of nitrogens with one attached hydrogen (secondary N) is 1. The van der Waals surface area contributed by atoms with Gasteiger partial charge in [-0.1, -0.05) is 24.3 Å². The number of hydrogen-bond donors (Lipinski definition) is 1. The van der Waals surface area contributed by atoms with Crippen molar-refractivity contribution in [3.8, 4) is 22.8 Å². The van der Waals surface area contributed by atoms with E-state index in [9.17, 15) is 4.79 Å². The lowest BCUT2D eigenvalue weighted by molar-refractivity contribution is 0.102. The lowest BCUT2D eigenvalue weighted by Crippen LogP contribution is -2.14. The number of amides is 1. The summed E-state index contributed by atoms with van der Waals surface area (Å²) in [5.74, 6) is 0.775. The third-order valence-electron chi connectivity index (χ3n) is 4.78. The molecule has 0 fully saturated rings. The van der Waals surface area contributed by atoms with E-state index in [0.29, 0.717) is 22.7 Å². The van der Waals surface area contributed by atoms with Crippen molar-refractivity contribution in [3.63, 3.8) is 0 Å². The molecule has 29 heavy (non-hydrogen) atoms. The minimum Gasteiger partial charge on any atom is -0.497 e. The van der Waals surface area contributed by atoms with Crippen molar-refractivity contribution in [2.45, 2.75) is 6.92 Å². The van der Waals surface area contributed by atoms with Gasteiger partial charge in [0.2, 0.25) is 0 Å². The zero-order chi connectivity index (χ0) is 20.4. The highest BCUT2D eigenvalue weighted by Gasteiger charge is 2.17. The molecule has 0 aliphatic carbocycles. The zero-order valence-corrected chi connectivity index (χ0v) is 16.5. The first-order chi connectivity index (χ1) is 14.1. The van der Waals surface area contributed by atoms with E-state index >= 15 is 0 Å². The van der Waals surface area contributed by atoms with Gasteiger partial charge in [0.25, 0.3) is 5.91 Å². The van der Waals surface area contributed by atoms with E-state index in [2.05, 4.69) is 5.32 Å². The fourth-order valence-corrected chi connectivity index (χ4v) is 3.28. The number of carbonyl (C=O) groups is 1. The molecule has 2 heterocycles. The fraction of sp³-hybridized carbons (Fsp3) is 0.130. The van der Waals surface area contributed by atoms with Crippen LogP contribution >= 0.6 is 0 Å². The van der Waals surface area contributed by atoms with Crippen molar-refractivity contribution in [2.75, 3.05) is 19.5 Å². The van der Waals surface area contributed by atoms with Crippen LogP contribution in [0.3, 0.4) is 0 Å². The molecule has 0 bridgehead atoms. The highest BCUT2D eigenvalue weighted by atomic mass is 16.5. The number of aryl methyl sites for hydroxylation is 1. The number of ether oxygens (including phenoxy) is 2. The van der Waals surface area contributed by atoms with Crippen LogP contribution in [0.2, 0.25) is 0 Å². The number of para-hydroxylation sites is 1. The van der Waals surface area contributed by atoms with Crippen molar-refractivity contribution >= 4 is 17.2 Å². The molecular formula is C23H21N3O3. The summed E-state index contributed by atoms with van der Waals surface area (Å²) in [6.45, 7) is 2.02. The maximum atomic E-state index is 13.0. The van der Waals surface area contributed by atoms with Crippen LogP contribution in [0.25, 0.3) is 16.9 Å². The van der Waals surface area contributed by atoms with Crippen LogP contribution in [-0.4, -0.2) is 29.5 Å². The second kappa shape index (κ2) is 7.67. The summed E-state index contributed by atoms with van der Waals surface area (Å²) in [7, 11) is 3.09. The topological polar surface area (TPSA) is 64.9 Å². The molecule has 0 aliphatic rings. The van der Waals surface area contributed by atoms with Gasteiger partial charge >= 0.3 is 0 Å². The van der Waals surface area contributed by atoms with Crippen LogP contribution in [0, 0.1) is 6.92 Å². The van der Waals surface area contributed by atoms with Gasteiger partial charge < -0.3 is 19.2 Å². The minimum atomic E-state index is -0.284. The Morgan fingerprint density at radius 2 is 1.86 bits per heavy atom. The second-order valence-electron chi connectivity index (χ2n) is 6.61. The number of aromatic nitrogens is 2. The average Bonchev–Trinajstić information content (AvgIpc) is 3.19. The molecule has 2 aromatic heterocycles. The Kier molecular flexibility index (Phi) is 4.91. The van der Waals surface area contributed by atoms with Crippen molar-refractivity contribution in [2.24, 2.45) is 0 Å². The molecule has 146 valence electrons. The molecule has 0 spiro atoms. The van der Waals surface area contributed by atoms with Crippen molar-refractivity contribution in [1.29, 1.82) is 0 Å². The number of imidazole rings is 1. The highest BCUT2D eigenvalue weighted by molar-refractivity contribution is 6.08. The zero-order valence-electron chi connectivity index (χ0n) is 16.5. The van der Waals surface area contributed by atoms with Gasteiger partial charge in [-0.2, -0.15) is 0 Å². The first-order valence-corrected chi connectivity index (χ1v) is 9.18. The van der Waals surface area contributed by atoms with E-state index in [4.69, 9.17) is 14.5 Å². The number of pyridine rings is 1. The van der Waals surface area contributed by atoms with Crippen molar-refractivity contribution in [3.05, 3.63) is 78.1 Å². The monoisotopic (exact) mass is 387 g/mol. The largest absolute Gasteiger partial charge is 0.497 e. The Morgan fingerprint density at radius 1 is 1.03 bits per heavy atom. The van der Waals surface area contributed by atoms with Gasteiger partial charge in [-0.25, -0.2) is 4.98 Å². The van der Waals surface area contributed by atoms with Crippen LogP contribution in [-0.2, 0) is 0 Å².